The van der Waals surface area contributed by atoms with Gasteiger partial charge in [-0.05, 0) is 24.3 Å². The van der Waals surface area contributed by atoms with E-state index in [1.165, 1.54) is 12.1 Å². The predicted molar refractivity (Wildman–Crippen MR) is 53.4 cm³/mol. The van der Waals surface area contributed by atoms with Crippen molar-refractivity contribution in [1.82, 2.24) is 0 Å². The number of hydrogen-bond donors (Lipinski definition) is 0. The molecule has 0 unspecified atom stereocenters. The van der Waals surface area contributed by atoms with Crippen molar-refractivity contribution in [3.8, 4) is 5.75 Å². The average Bonchev–Trinajstić information content (AvgIpc) is 2.21. The Morgan fingerprint density at radius 3 is 2.43 bits per heavy atom. The van der Waals surface area contributed by atoms with Crippen LogP contribution in [0.1, 0.15) is 0 Å². The molecule has 0 saturated carbocycles. The van der Waals surface area contributed by atoms with Crippen LogP contribution in [0.15, 0.2) is 24.3 Å². The lowest BCUT2D eigenvalue weighted by Gasteiger charge is -2.05. The molecule has 0 spiro atoms. The second-order valence-electron chi connectivity index (χ2n) is 2.60. The first-order valence-corrected chi connectivity index (χ1v) is 4.88. The average molecular weight is 219 g/mol. The van der Waals surface area contributed by atoms with Crippen LogP contribution in [0.2, 0.25) is 0 Å². The number of rotatable bonds is 6. The van der Waals surface area contributed by atoms with Gasteiger partial charge in [-0.15, -0.1) is 11.6 Å². The van der Waals surface area contributed by atoms with Crippen LogP contribution < -0.4 is 4.74 Å². The first kappa shape index (κ1) is 11.3. The zero-order valence-electron chi connectivity index (χ0n) is 7.71. The first-order valence-electron chi connectivity index (χ1n) is 4.35. The molecule has 0 bridgehead atoms. The smallest absolute Gasteiger partial charge is 0.123 e. The van der Waals surface area contributed by atoms with E-state index in [0.717, 1.165) is 0 Å². The molecule has 0 aliphatic rings. The molecule has 0 aliphatic carbocycles. The predicted octanol–water partition coefficient (Wildman–Crippen LogP) is 2.46. The van der Waals surface area contributed by atoms with Crippen LogP contribution in [0.4, 0.5) is 4.39 Å². The summed E-state index contributed by atoms with van der Waals surface area (Å²) in [7, 11) is 0. The van der Waals surface area contributed by atoms with E-state index in [9.17, 15) is 4.39 Å². The van der Waals surface area contributed by atoms with Crippen LogP contribution in [-0.2, 0) is 4.74 Å². The molecular weight excluding hydrogens is 207 g/mol. The topological polar surface area (TPSA) is 18.5 Å². The normalized spacial score (nSPS) is 10.1. The highest BCUT2D eigenvalue weighted by Gasteiger charge is 1.94. The molecule has 0 N–H and O–H groups in total. The van der Waals surface area contributed by atoms with E-state index in [-0.39, 0.29) is 5.82 Å². The minimum Gasteiger partial charge on any atom is -0.491 e. The molecule has 0 aromatic heterocycles. The van der Waals surface area contributed by atoms with E-state index in [1.807, 2.05) is 0 Å². The Morgan fingerprint density at radius 2 is 1.79 bits per heavy atom. The maximum Gasteiger partial charge on any atom is 0.123 e. The summed E-state index contributed by atoms with van der Waals surface area (Å²) in [6, 6.07) is 5.87. The summed E-state index contributed by atoms with van der Waals surface area (Å²) in [6.45, 7) is 1.46. The van der Waals surface area contributed by atoms with Gasteiger partial charge in [0, 0.05) is 5.88 Å². The van der Waals surface area contributed by atoms with Gasteiger partial charge in [-0.2, -0.15) is 0 Å². The fourth-order valence-corrected chi connectivity index (χ4v) is 1.01. The van der Waals surface area contributed by atoms with Crippen molar-refractivity contribution < 1.29 is 13.9 Å². The first-order chi connectivity index (χ1) is 6.83. The van der Waals surface area contributed by atoms with Crippen LogP contribution in [0.3, 0.4) is 0 Å². The fourth-order valence-electron chi connectivity index (χ4n) is 0.906. The SMILES string of the molecule is Fc1ccc(OCCOCCCl)cc1. The largest absolute Gasteiger partial charge is 0.491 e. The highest BCUT2D eigenvalue weighted by molar-refractivity contribution is 6.17. The lowest BCUT2D eigenvalue weighted by atomic mass is 10.3. The summed E-state index contributed by atoms with van der Waals surface area (Å²) in [4.78, 5) is 0. The Bertz CT molecular complexity index is 251. The maximum absolute atomic E-state index is 12.5. The Kier molecular flexibility index (Phi) is 5.33. The zero-order valence-corrected chi connectivity index (χ0v) is 8.47. The van der Waals surface area contributed by atoms with Gasteiger partial charge in [-0.25, -0.2) is 4.39 Å². The van der Waals surface area contributed by atoms with Crippen LogP contribution in [-0.4, -0.2) is 25.7 Å². The molecule has 2 nitrogen and oxygen atoms in total. The summed E-state index contributed by atoms with van der Waals surface area (Å²) in [5.41, 5.74) is 0. The van der Waals surface area contributed by atoms with Crippen molar-refractivity contribution in [2.24, 2.45) is 0 Å². The number of hydrogen-bond acceptors (Lipinski definition) is 2. The summed E-state index contributed by atoms with van der Waals surface area (Å²) in [5.74, 6) is 0.855. The Labute approximate surface area is 87.6 Å². The summed E-state index contributed by atoms with van der Waals surface area (Å²) in [5, 5.41) is 0. The Hall–Kier alpha value is -0.800. The molecule has 4 heteroatoms. The quantitative estimate of drug-likeness (QED) is 0.540. The van der Waals surface area contributed by atoms with Crippen molar-refractivity contribution in [2.75, 3.05) is 25.7 Å². The molecule has 0 fully saturated rings. The van der Waals surface area contributed by atoms with E-state index in [0.29, 0.717) is 31.5 Å². The third-order valence-corrected chi connectivity index (χ3v) is 1.69. The highest BCUT2D eigenvalue weighted by atomic mass is 35.5. The van der Waals surface area contributed by atoms with Crippen molar-refractivity contribution in [3.63, 3.8) is 0 Å². The molecule has 1 rings (SSSR count). The lowest BCUT2D eigenvalue weighted by molar-refractivity contribution is 0.111. The van der Waals surface area contributed by atoms with Crippen molar-refractivity contribution in [3.05, 3.63) is 30.1 Å². The molecule has 78 valence electrons. The van der Waals surface area contributed by atoms with Crippen molar-refractivity contribution in [1.29, 1.82) is 0 Å². The van der Waals surface area contributed by atoms with Gasteiger partial charge < -0.3 is 9.47 Å². The molecule has 0 amide bonds. The third kappa shape index (κ3) is 4.44. The molecular formula is C10H12ClFO2. The van der Waals surface area contributed by atoms with Crippen LogP contribution in [0.25, 0.3) is 0 Å². The number of benzene rings is 1. The van der Waals surface area contributed by atoms with Gasteiger partial charge in [0.25, 0.3) is 0 Å². The Morgan fingerprint density at radius 1 is 1.07 bits per heavy atom. The van der Waals surface area contributed by atoms with Gasteiger partial charge >= 0.3 is 0 Å². The molecule has 1 aromatic rings. The van der Waals surface area contributed by atoms with Crippen molar-refractivity contribution >= 4 is 11.6 Å². The van der Waals surface area contributed by atoms with Crippen LogP contribution in [0, 0.1) is 5.82 Å². The van der Waals surface area contributed by atoms with Gasteiger partial charge in [-0.3, -0.25) is 0 Å². The zero-order chi connectivity index (χ0) is 10.2. The van der Waals surface area contributed by atoms with E-state index in [1.54, 1.807) is 12.1 Å². The fraction of sp³-hybridized carbons (Fsp3) is 0.400. The van der Waals surface area contributed by atoms with E-state index in [4.69, 9.17) is 21.1 Å². The number of halogens is 2. The maximum atomic E-state index is 12.5. The second-order valence-corrected chi connectivity index (χ2v) is 2.98. The molecule has 0 saturated heterocycles. The minimum atomic E-state index is -0.268. The second kappa shape index (κ2) is 6.62. The van der Waals surface area contributed by atoms with Gasteiger partial charge in [0.1, 0.15) is 18.2 Å². The summed E-state index contributed by atoms with van der Waals surface area (Å²) >= 11 is 5.41. The monoisotopic (exact) mass is 218 g/mol. The van der Waals surface area contributed by atoms with Crippen LogP contribution >= 0.6 is 11.6 Å². The molecule has 0 heterocycles. The summed E-state index contributed by atoms with van der Waals surface area (Å²) < 4.78 is 22.9. The molecule has 0 aliphatic heterocycles. The van der Waals surface area contributed by atoms with Gasteiger partial charge in [0.2, 0.25) is 0 Å². The lowest BCUT2D eigenvalue weighted by Crippen LogP contribution is -2.07. The van der Waals surface area contributed by atoms with Gasteiger partial charge in [0.05, 0.1) is 13.2 Å². The Balaban J connectivity index is 2.15. The summed E-state index contributed by atoms with van der Waals surface area (Å²) in [6.07, 6.45) is 0. The highest BCUT2D eigenvalue weighted by Crippen LogP contribution is 2.10. The standard InChI is InChI=1S/C10H12ClFO2/c11-5-6-13-7-8-14-10-3-1-9(12)2-4-10/h1-4H,5-8H2. The van der Waals surface area contributed by atoms with E-state index < -0.39 is 0 Å². The third-order valence-electron chi connectivity index (χ3n) is 1.53. The van der Waals surface area contributed by atoms with Crippen molar-refractivity contribution in [2.45, 2.75) is 0 Å². The minimum absolute atomic E-state index is 0.268. The number of alkyl halides is 1. The number of ether oxygens (including phenoxy) is 2. The van der Waals surface area contributed by atoms with Gasteiger partial charge in [0.15, 0.2) is 0 Å². The molecule has 0 atom stereocenters. The van der Waals surface area contributed by atoms with Gasteiger partial charge in [-0.1, -0.05) is 0 Å². The van der Waals surface area contributed by atoms with E-state index >= 15 is 0 Å². The van der Waals surface area contributed by atoms with E-state index in [2.05, 4.69) is 0 Å². The van der Waals surface area contributed by atoms with Crippen LogP contribution in [0.5, 0.6) is 5.75 Å². The molecule has 1 aromatic carbocycles. The molecule has 14 heavy (non-hydrogen) atoms. The molecule has 0 radical (unpaired) electrons.